The molecule has 1 aliphatic heterocycles. The molecule has 0 bridgehead atoms. The molecule has 1 saturated heterocycles. The zero-order valence-electron chi connectivity index (χ0n) is 27.6. The number of likely N-dealkylation sites (tertiary alicyclic amines) is 1. The van der Waals surface area contributed by atoms with Crippen molar-refractivity contribution in [2.75, 3.05) is 13.1 Å². The molecule has 3 heteroatoms. The van der Waals surface area contributed by atoms with Gasteiger partial charge in [0.15, 0.2) is 0 Å². The molecule has 1 aliphatic rings. The van der Waals surface area contributed by atoms with Gasteiger partial charge in [0.1, 0.15) is 6.04 Å². The topological polar surface area (TPSA) is 40.5 Å². The van der Waals surface area contributed by atoms with Crippen LogP contribution in [0.15, 0.2) is 0 Å². The Bertz CT molecular complexity index is 536. The van der Waals surface area contributed by atoms with Crippen LogP contribution in [-0.2, 0) is 4.79 Å². The van der Waals surface area contributed by atoms with Crippen LogP contribution in [0.2, 0.25) is 0 Å². The third kappa shape index (κ3) is 22.1. The monoisotopic (exact) mass is 564 g/mol. The molecule has 0 aromatic carbocycles. The second-order valence-electron chi connectivity index (χ2n) is 13.4. The van der Waals surface area contributed by atoms with Gasteiger partial charge in [0.2, 0.25) is 0 Å². The molecule has 2 atom stereocenters. The summed E-state index contributed by atoms with van der Waals surface area (Å²) in [7, 11) is 0. The summed E-state index contributed by atoms with van der Waals surface area (Å²) in [4.78, 5) is 14.2. The highest BCUT2D eigenvalue weighted by Gasteiger charge is 2.35. The third-order valence-electron chi connectivity index (χ3n) is 9.54. The summed E-state index contributed by atoms with van der Waals surface area (Å²) in [6.07, 6.45) is 41.0. The fraction of sp³-hybridized carbons (Fsp3) is 0.973. The molecule has 0 amide bonds. The van der Waals surface area contributed by atoms with Crippen LogP contribution in [0.3, 0.4) is 0 Å². The summed E-state index contributed by atoms with van der Waals surface area (Å²) in [6, 6.07) is -0.224. The number of carbonyl (C=O) groups is 1. The van der Waals surface area contributed by atoms with Gasteiger partial charge in [-0.2, -0.15) is 0 Å². The average molecular weight is 564 g/mol. The highest BCUT2D eigenvalue weighted by atomic mass is 16.4. The molecular weight excluding hydrogens is 490 g/mol. The van der Waals surface area contributed by atoms with Crippen molar-refractivity contribution >= 4 is 5.97 Å². The van der Waals surface area contributed by atoms with E-state index >= 15 is 0 Å². The van der Waals surface area contributed by atoms with Gasteiger partial charge in [-0.3, -0.25) is 9.69 Å². The first-order chi connectivity index (χ1) is 19.7. The van der Waals surface area contributed by atoms with Gasteiger partial charge in [0, 0.05) is 6.54 Å². The van der Waals surface area contributed by atoms with Gasteiger partial charge in [-0.1, -0.05) is 187 Å². The Labute approximate surface area is 252 Å². The molecule has 40 heavy (non-hydrogen) atoms. The van der Waals surface area contributed by atoms with Gasteiger partial charge in [0.05, 0.1) is 0 Å². The number of unbranched alkanes of at least 4 members (excludes halogenated alkanes) is 26. The van der Waals surface area contributed by atoms with Crippen molar-refractivity contribution in [2.45, 2.75) is 213 Å². The number of hydrogen-bond donors (Lipinski definition) is 1. The zero-order valence-corrected chi connectivity index (χ0v) is 27.6. The van der Waals surface area contributed by atoms with Crippen molar-refractivity contribution < 1.29 is 9.90 Å². The number of hydrogen-bond acceptors (Lipinski definition) is 2. The Morgan fingerprint density at radius 1 is 0.525 bits per heavy atom. The quantitative estimate of drug-likeness (QED) is 0.0853. The molecule has 0 saturated carbocycles. The number of aliphatic carboxylic acids is 1. The Morgan fingerprint density at radius 3 is 1.20 bits per heavy atom. The van der Waals surface area contributed by atoms with E-state index in [1.807, 2.05) is 0 Å². The molecule has 238 valence electrons. The first-order valence-corrected chi connectivity index (χ1v) is 18.7. The average Bonchev–Trinajstić information content (AvgIpc) is 3.36. The molecule has 0 aromatic heterocycles. The molecule has 1 heterocycles. The molecule has 1 unspecified atom stereocenters. The Hall–Kier alpha value is -0.570. The Kier molecular flexibility index (Phi) is 26.7. The van der Waals surface area contributed by atoms with Gasteiger partial charge < -0.3 is 5.11 Å². The number of carboxylic acids is 1. The SMILES string of the molecule is CCCCCCCCCCCCCCCCC1C[C@@H](C(=O)O)N(CCCCCCCCCCCCCCCC)C1. The highest BCUT2D eigenvalue weighted by molar-refractivity contribution is 5.73. The minimum Gasteiger partial charge on any atom is -0.480 e. The van der Waals surface area contributed by atoms with Gasteiger partial charge in [-0.05, 0) is 31.7 Å². The smallest absolute Gasteiger partial charge is 0.320 e. The largest absolute Gasteiger partial charge is 0.480 e. The summed E-state index contributed by atoms with van der Waals surface area (Å²) in [5.74, 6) is 0.0129. The van der Waals surface area contributed by atoms with E-state index in [0.29, 0.717) is 5.92 Å². The van der Waals surface area contributed by atoms with Crippen LogP contribution < -0.4 is 0 Å². The van der Waals surface area contributed by atoms with Crippen LogP contribution in [-0.4, -0.2) is 35.1 Å². The van der Waals surface area contributed by atoms with Crippen LogP contribution in [0.25, 0.3) is 0 Å². The van der Waals surface area contributed by atoms with E-state index in [1.165, 1.54) is 186 Å². The molecule has 1 N–H and O–H groups in total. The van der Waals surface area contributed by atoms with Crippen molar-refractivity contribution in [3.05, 3.63) is 0 Å². The molecule has 0 spiro atoms. The fourth-order valence-corrected chi connectivity index (χ4v) is 6.85. The number of carboxylic acid groups (broad SMARTS) is 1. The van der Waals surface area contributed by atoms with E-state index in [1.54, 1.807) is 0 Å². The highest BCUT2D eigenvalue weighted by Crippen LogP contribution is 2.28. The second-order valence-corrected chi connectivity index (χ2v) is 13.4. The lowest BCUT2D eigenvalue weighted by molar-refractivity contribution is -0.142. The zero-order chi connectivity index (χ0) is 28.9. The van der Waals surface area contributed by atoms with E-state index in [0.717, 1.165) is 19.5 Å². The standard InChI is InChI=1S/C37H73NO2/c1-3-5-7-9-11-13-15-17-19-21-23-25-27-29-31-35-33-36(37(39)40)38(34-35)32-30-28-26-24-22-20-18-16-14-12-10-8-6-4-2/h35-36H,3-34H2,1-2H3,(H,39,40)/t35?,36-/m0/s1. The van der Waals surface area contributed by atoms with Crippen molar-refractivity contribution in [1.29, 1.82) is 0 Å². The minimum atomic E-state index is -0.589. The lowest BCUT2D eigenvalue weighted by atomic mass is 9.97. The summed E-state index contributed by atoms with van der Waals surface area (Å²) < 4.78 is 0. The van der Waals surface area contributed by atoms with Gasteiger partial charge in [-0.25, -0.2) is 0 Å². The van der Waals surface area contributed by atoms with Crippen LogP contribution in [0.5, 0.6) is 0 Å². The predicted octanol–water partition coefficient (Wildman–Crippen LogP) is 12.1. The van der Waals surface area contributed by atoms with Gasteiger partial charge in [0.25, 0.3) is 0 Å². The van der Waals surface area contributed by atoms with Crippen molar-refractivity contribution in [3.63, 3.8) is 0 Å². The van der Waals surface area contributed by atoms with E-state index in [9.17, 15) is 9.90 Å². The lowest BCUT2D eigenvalue weighted by Gasteiger charge is -2.20. The first kappa shape index (κ1) is 37.5. The first-order valence-electron chi connectivity index (χ1n) is 18.7. The molecule has 1 fully saturated rings. The fourth-order valence-electron chi connectivity index (χ4n) is 6.85. The second kappa shape index (κ2) is 28.5. The van der Waals surface area contributed by atoms with E-state index in [4.69, 9.17) is 0 Å². The number of nitrogens with zero attached hydrogens (tertiary/aromatic N) is 1. The van der Waals surface area contributed by atoms with Crippen LogP contribution >= 0.6 is 0 Å². The summed E-state index contributed by atoms with van der Waals surface area (Å²) in [5.41, 5.74) is 0. The van der Waals surface area contributed by atoms with Crippen LogP contribution in [0.1, 0.15) is 206 Å². The molecule has 3 nitrogen and oxygen atoms in total. The summed E-state index contributed by atoms with van der Waals surface area (Å²) >= 11 is 0. The van der Waals surface area contributed by atoms with E-state index in [2.05, 4.69) is 18.7 Å². The van der Waals surface area contributed by atoms with Crippen molar-refractivity contribution in [3.8, 4) is 0 Å². The molecule has 0 aliphatic carbocycles. The maximum Gasteiger partial charge on any atom is 0.320 e. The van der Waals surface area contributed by atoms with Crippen molar-refractivity contribution in [2.24, 2.45) is 5.92 Å². The van der Waals surface area contributed by atoms with Gasteiger partial charge in [-0.15, -0.1) is 0 Å². The van der Waals surface area contributed by atoms with Gasteiger partial charge >= 0.3 is 5.97 Å². The Morgan fingerprint density at radius 2 is 0.850 bits per heavy atom. The summed E-state index contributed by atoms with van der Waals surface area (Å²) in [6.45, 7) is 6.59. The normalized spacial score (nSPS) is 17.6. The molecule has 0 radical (unpaired) electrons. The summed E-state index contributed by atoms with van der Waals surface area (Å²) in [5, 5.41) is 9.77. The third-order valence-corrected chi connectivity index (χ3v) is 9.54. The lowest BCUT2D eigenvalue weighted by Crippen LogP contribution is -2.36. The van der Waals surface area contributed by atoms with E-state index in [-0.39, 0.29) is 6.04 Å². The van der Waals surface area contributed by atoms with Crippen LogP contribution in [0, 0.1) is 5.92 Å². The van der Waals surface area contributed by atoms with Crippen LogP contribution in [0.4, 0.5) is 0 Å². The Balaban J connectivity index is 1.94. The predicted molar refractivity (Wildman–Crippen MR) is 176 cm³/mol. The minimum absolute atomic E-state index is 0.224. The molecule has 0 aromatic rings. The van der Waals surface area contributed by atoms with E-state index < -0.39 is 5.97 Å². The maximum atomic E-state index is 11.9. The van der Waals surface area contributed by atoms with Crippen molar-refractivity contribution in [1.82, 2.24) is 4.90 Å². The molecule has 1 rings (SSSR count). The number of rotatable bonds is 31. The molecular formula is C37H73NO2. The maximum absolute atomic E-state index is 11.9.